The van der Waals surface area contributed by atoms with E-state index in [-0.39, 0.29) is 67.4 Å². The highest BCUT2D eigenvalue weighted by molar-refractivity contribution is 6.03. The number of carbonyl (C=O) groups is 7. The SMILES string of the molecule is CC.CCC1CC(=O)N(CCCCCC(=O)NC(C(=O)NCC(=O)Nc2ccc(COC(=O)C(C)C)cc2)C(C)C)C1=O.CCCNC(N)=O. The van der Waals surface area contributed by atoms with Crippen LogP contribution in [0.3, 0.4) is 0 Å². The van der Waals surface area contributed by atoms with Gasteiger partial charge in [0.2, 0.25) is 29.5 Å². The highest BCUT2D eigenvalue weighted by atomic mass is 16.5. The monoisotopic (exact) mass is 704 g/mol. The number of carbonyl (C=O) groups excluding carboxylic acids is 7. The summed E-state index contributed by atoms with van der Waals surface area (Å²) in [4.78, 5) is 84.5. The summed E-state index contributed by atoms with van der Waals surface area (Å²) in [6, 6.07) is 5.59. The van der Waals surface area contributed by atoms with Gasteiger partial charge in [-0.15, -0.1) is 0 Å². The smallest absolute Gasteiger partial charge is 0.312 e. The van der Waals surface area contributed by atoms with E-state index in [9.17, 15) is 33.6 Å². The number of benzene rings is 1. The van der Waals surface area contributed by atoms with Gasteiger partial charge in [0.05, 0.1) is 12.5 Å². The lowest BCUT2D eigenvalue weighted by molar-refractivity contribution is -0.148. The number of nitrogens with zero attached hydrogens (tertiary/aromatic N) is 1. The lowest BCUT2D eigenvalue weighted by atomic mass is 10.0. The molecule has 2 unspecified atom stereocenters. The average Bonchev–Trinajstić information content (AvgIpc) is 3.36. The molecule has 1 aromatic rings. The van der Waals surface area contributed by atoms with Gasteiger partial charge in [0.25, 0.3) is 0 Å². The van der Waals surface area contributed by atoms with Gasteiger partial charge in [-0.05, 0) is 49.3 Å². The first-order chi connectivity index (χ1) is 23.7. The summed E-state index contributed by atoms with van der Waals surface area (Å²) in [6.07, 6.45) is 3.94. The van der Waals surface area contributed by atoms with Gasteiger partial charge in [-0.3, -0.25) is 33.7 Å². The lowest BCUT2D eigenvalue weighted by Gasteiger charge is -2.21. The quantitative estimate of drug-likeness (QED) is 0.0855. The number of primary amides is 1. The Kier molecular flexibility index (Phi) is 23.2. The molecule has 0 aliphatic carbocycles. The number of hydrogen-bond acceptors (Lipinski definition) is 8. The van der Waals surface area contributed by atoms with Crippen LogP contribution in [-0.2, 0) is 40.1 Å². The second kappa shape index (κ2) is 25.5. The Balaban J connectivity index is 0.00000237. The van der Waals surface area contributed by atoms with Gasteiger partial charge in [-0.25, -0.2) is 4.79 Å². The van der Waals surface area contributed by atoms with Crippen molar-refractivity contribution in [3.05, 3.63) is 29.8 Å². The highest BCUT2D eigenvalue weighted by Crippen LogP contribution is 2.22. The molecule has 1 aliphatic rings. The third-order valence-corrected chi connectivity index (χ3v) is 7.44. The number of hydrogen-bond donors (Lipinski definition) is 5. The van der Waals surface area contributed by atoms with Crippen LogP contribution in [-0.4, -0.2) is 72.1 Å². The van der Waals surface area contributed by atoms with Crippen LogP contribution < -0.4 is 27.0 Å². The van der Waals surface area contributed by atoms with Crippen molar-refractivity contribution in [2.24, 2.45) is 23.5 Å². The Morgan fingerprint density at radius 1 is 0.920 bits per heavy atom. The maximum absolute atomic E-state index is 12.7. The minimum atomic E-state index is -0.797. The standard InChI is InChI=1S/C30H44N4O7.C4H10N2O.C2H6/c1-6-22-16-26(37)34(29(22)39)15-9-7-8-10-24(35)33-27(19(2)3)28(38)31-17-25(36)32-23-13-11-21(12-14-23)18-41-30(40)20(4)5;1-2-3-6-4(5)7;1-2/h11-14,19-20,22,27H,6-10,15-18H2,1-5H3,(H,31,38)(H,32,36)(H,33,35);2-3H2,1H3,(H3,5,6,7);1-2H3. The Hall–Kier alpha value is -4.49. The van der Waals surface area contributed by atoms with Crippen molar-refractivity contribution in [3.8, 4) is 0 Å². The van der Waals surface area contributed by atoms with Crippen molar-refractivity contribution in [1.82, 2.24) is 20.9 Å². The highest BCUT2D eigenvalue weighted by Gasteiger charge is 2.36. The number of nitrogens with one attached hydrogen (secondary N) is 4. The molecule has 1 heterocycles. The molecule has 1 aliphatic heterocycles. The van der Waals surface area contributed by atoms with Gasteiger partial charge in [-0.1, -0.05) is 73.9 Å². The number of unbranched alkanes of at least 4 members (excludes halogenated alkanes) is 2. The summed E-state index contributed by atoms with van der Waals surface area (Å²) < 4.78 is 5.18. The van der Waals surface area contributed by atoms with Crippen molar-refractivity contribution in [2.75, 3.05) is 25.0 Å². The number of anilines is 1. The molecule has 14 nitrogen and oxygen atoms in total. The summed E-state index contributed by atoms with van der Waals surface area (Å²) in [5.74, 6) is -2.29. The van der Waals surface area contributed by atoms with E-state index >= 15 is 0 Å². The Labute approximate surface area is 297 Å². The van der Waals surface area contributed by atoms with E-state index in [4.69, 9.17) is 10.5 Å². The summed E-state index contributed by atoms with van der Waals surface area (Å²) in [5.41, 5.74) is 6.04. The summed E-state index contributed by atoms with van der Waals surface area (Å²) in [6.45, 7) is 15.9. The van der Waals surface area contributed by atoms with Crippen LogP contribution in [0.15, 0.2) is 24.3 Å². The zero-order valence-corrected chi connectivity index (χ0v) is 31.2. The molecule has 0 saturated carbocycles. The third kappa shape index (κ3) is 18.3. The fourth-order valence-corrected chi connectivity index (χ4v) is 4.55. The number of ether oxygens (including phenoxy) is 1. The molecule has 1 aromatic carbocycles. The molecular weight excluding hydrogens is 644 g/mol. The molecule has 1 fully saturated rings. The van der Waals surface area contributed by atoms with E-state index in [1.807, 2.05) is 27.7 Å². The van der Waals surface area contributed by atoms with Gasteiger partial charge >= 0.3 is 12.0 Å². The van der Waals surface area contributed by atoms with Crippen molar-refractivity contribution in [2.45, 2.75) is 113 Å². The Morgan fingerprint density at radius 3 is 2.06 bits per heavy atom. The molecule has 0 spiro atoms. The molecule has 50 heavy (non-hydrogen) atoms. The average molecular weight is 705 g/mol. The molecular formula is C36H60N6O8. The Bertz CT molecular complexity index is 1240. The number of rotatable bonds is 18. The van der Waals surface area contributed by atoms with Gasteiger partial charge in [0.1, 0.15) is 12.6 Å². The number of likely N-dealkylation sites (tertiary alicyclic amines) is 1. The number of amides is 7. The van der Waals surface area contributed by atoms with E-state index < -0.39 is 23.9 Å². The first kappa shape index (κ1) is 45.5. The van der Waals surface area contributed by atoms with E-state index in [1.54, 1.807) is 52.0 Å². The van der Waals surface area contributed by atoms with E-state index in [1.165, 1.54) is 4.90 Å². The second-order valence-electron chi connectivity index (χ2n) is 12.3. The van der Waals surface area contributed by atoms with Crippen LogP contribution in [0.1, 0.15) is 106 Å². The first-order valence-corrected chi connectivity index (χ1v) is 17.7. The molecule has 2 atom stereocenters. The van der Waals surface area contributed by atoms with Crippen LogP contribution in [0.5, 0.6) is 0 Å². The van der Waals surface area contributed by atoms with Gasteiger partial charge in [0, 0.05) is 37.5 Å². The predicted octanol–water partition coefficient (Wildman–Crippen LogP) is 4.02. The minimum absolute atomic E-state index is 0.103. The van der Waals surface area contributed by atoms with Crippen molar-refractivity contribution in [3.63, 3.8) is 0 Å². The number of urea groups is 1. The van der Waals surface area contributed by atoms with Crippen LogP contribution in [0.25, 0.3) is 0 Å². The lowest BCUT2D eigenvalue weighted by Crippen LogP contribution is -2.51. The van der Waals surface area contributed by atoms with Crippen molar-refractivity contribution in [1.29, 1.82) is 0 Å². The van der Waals surface area contributed by atoms with Crippen LogP contribution in [0.2, 0.25) is 0 Å². The van der Waals surface area contributed by atoms with Gasteiger partial charge in [0.15, 0.2) is 0 Å². The fourth-order valence-electron chi connectivity index (χ4n) is 4.55. The molecule has 14 heteroatoms. The molecule has 2 rings (SSSR count). The fraction of sp³-hybridized carbons (Fsp3) is 0.639. The van der Waals surface area contributed by atoms with Gasteiger partial charge < -0.3 is 31.7 Å². The zero-order valence-electron chi connectivity index (χ0n) is 31.2. The van der Waals surface area contributed by atoms with Crippen molar-refractivity contribution >= 4 is 47.2 Å². The molecule has 1 saturated heterocycles. The maximum atomic E-state index is 12.7. The van der Waals surface area contributed by atoms with E-state index in [0.29, 0.717) is 44.5 Å². The third-order valence-electron chi connectivity index (χ3n) is 7.44. The molecule has 0 aromatic heterocycles. The van der Waals surface area contributed by atoms with E-state index in [2.05, 4.69) is 21.3 Å². The van der Waals surface area contributed by atoms with E-state index in [0.717, 1.165) is 12.0 Å². The Morgan fingerprint density at radius 2 is 1.56 bits per heavy atom. The number of imide groups is 1. The van der Waals surface area contributed by atoms with Crippen LogP contribution in [0, 0.1) is 17.8 Å². The summed E-state index contributed by atoms with van der Waals surface area (Å²) in [5, 5.41) is 10.4. The topological polar surface area (TPSA) is 206 Å². The normalized spacial score (nSPS) is 14.1. The molecule has 282 valence electrons. The predicted molar refractivity (Wildman–Crippen MR) is 192 cm³/mol. The minimum Gasteiger partial charge on any atom is -0.461 e. The zero-order chi connectivity index (χ0) is 38.2. The van der Waals surface area contributed by atoms with Crippen molar-refractivity contribution < 1.29 is 38.3 Å². The summed E-state index contributed by atoms with van der Waals surface area (Å²) >= 11 is 0. The summed E-state index contributed by atoms with van der Waals surface area (Å²) in [7, 11) is 0. The largest absolute Gasteiger partial charge is 0.461 e. The number of esters is 1. The molecule has 6 N–H and O–H groups in total. The second-order valence-corrected chi connectivity index (χ2v) is 12.3. The maximum Gasteiger partial charge on any atom is 0.312 e. The first-order valence-electron chi connectivity index (χ1n) is 17.7. The van der Waals surface area contributed by atoms with Crippen LogP contribution in [0.4, 0.5) is 10.5 Å². The molecule has 0 bridgehead atoms. The molecule has 7 amide bonds. The number of nitrogens with two attached hydrogens (primary N) is 1. The van der Waals surface area contributed by atoms with Crippen LogP contribution >= 0.6 is 0 Å². The van der Waals surface area contributed by atoms with Gasteiger partial charge in [-0.2, -0.15) is 0 Å². The molecule has 0 radical (unpaired) electrons.